The van der Waals surface area contributed by atoms with Gasteiger partial charge in [0.25, 0.3) is 5.91 Å². The Labute approximate surface area is 166 Å². The molecule has 0 fully saturated rings. The van der Waals surface area contributed by atoms with Crippen LogP contribution in [0.1, 0.15) is 36.6 Å². The first kappa shape index (κ1) is 20.1. The molecule has 1 aliphatic rings. The lowest BCUT2D eigenvalue weighted by Gasteiger charge is -2.23. The molecule has 1 unspecified atom stereocenters. The van der Waals surface area contributed by atoms with Crippen LogP contribution >= 0.6 is 0 Å². The number of amides is 1. The van der Waals surface area contributed by atoms with E-state index in [1.807, 2.05) is 6.07 Å². The highest BCUT2D eigenvalue weighted by Gasteiger charge is 2.30. The van der Waals surface area contributed by atoms with Crippen LogP contribution in [-0.4, -0.2) is 33.7 Å². The summed E-state index contributed by atoms with van der Waals surface area (Å²) in [5, 5.41) is 13.9. The number of nitrogens with zero attached hydrogens (tertiary/aromatic N) is 5. The fourth-order valence-electron chi connectivity index (χ4n) is 2.83. The first-order valence-electron chi connectivity index (χ1n) is 8.82. The van der Waals surface area contributed by atoms with E-state index in [-0.39, 0.29) is 18.2 Å². The van der Waals surface area contributed by atoms with Crippen molar-refractivity contribution in [3.05, 3.63) is 65.6 Å². The van der Waals surface area contributed by atoms with Crippen LogP contribution in [-0.2, 0) is 4.79 Å². The second kappa shape index (κ2) is 9.01. The Balaban J connectivity index is 1.52. The van der Waals surface area contributed by atoms with Gasteiger partial charge in [0.2, 0.25) is 5.88 Å². The van der Waals surface area contributed by atoms with E-state index in [1.54, 1.807) is 0 Å². The number of halogens is 2. The third-order valence-electron chi connectivity index (χ3n) is 4.23. The van der Waals surface area contributed by atoms with Gasteiger partial charge in [-0.25, -0.2) is 23.8 Å². The van der Waals surface area contributed by atoms with Crippen molar-refractivity contribution in [2.45, 2.75) is 25.3 Å². The van der Waals surface area contributed by atoms with Gasteiger partial charge >= 0.3 is 0 Å². The Morgan fingerprint density at radius 3 is 2.69 bits per heavy atom. The summed E-state index contributed by atoms with van der Waals surface area (Å²) in [4.78, 5) is 20.4. The van der Waals surface area contributed by atoms with Crippen molar-refractivity contribution >= 4 is 12.1 Å². The van der Waals surface area contributed by atoms with E-state index in [0.29, 0.717) is 30.4 Å². The molecule has 9 heteroatoms. The fourth-order valence-corrected chi connectivity index (χ4v) is 2.83. The van der Waals surface area contributed by atoms with Gasteiger partial charge in [0, 0.05) is 24.3 Å². The van der Waals surface area contributed by atoms with E-state index in [1.165, 1.54) is 35.7 Å². The second-order valence-corrected chi connectivity index (χ2v) is 6.31. The van der Waals surface area contributed by atoms with Crippen LogP contribution in [0, 0.1) is 23.0 Å². The molecule has 1 aromatic heterocycles. The van der Waals surface area contributed by atoms with Crippen LogP contribution in [0.15, 0.2) is 47.8 Å². The van der Waals surface area contributed by atoms with Crippen LogP contribution in [0.4, 0.5) is 8.78 Å². The van der Waals surface area contributed by atoms with Crippen molar-refractivity contribution < 1.29 is 18.3 Å². The predicted octanol–water partition coefficient (Wildman–Crippen LogP) is 3.30. The average molecular weight is 397 g/mol. The summed E-state index contributed by atoms with van der Waals surface area (Å²) >= 11 is 0. The first-order valence-corrected chi connectivity index (χ1v) is 8.82. The van der Waals surface area contributed by atoms with Crippen LogP contribution in [0.3, 0.4) is 0 Å². The van der Waals surface area contributed by atoms with Gasteiger partial charge in [-0.3, -0.25) is 4.79 Å². The van der Waals surface area contributed by atoms with Gasteiger partial charge in [-0.15, -0.1) is 0 Å². The Bertz CT molecular complexity index is 965. The molecular formula is C20H17F2N5O2. The third kappa shape index (κ3) is 4.99. The monoisotopic (exact) mass is 397 g/mol. The number of aromatic nitrogens is 2. The predicted molar refractivity (Wildman–Crippen MR) is 99.7 cm³/mol. The lowest BCUT2D eigenvalue weighted by atomic mass is 10.0. The number of carbonyl (C=O) groups is 1. The van der Waals surface area contributed by atoms with Gasteiger partial charge in [-0.05, 0) is 30.5 Å². The lowest BCUT2D eigenvalue weighted by Crippen LogP contribution is -2.28. The molecule has 1 aromatic carbocycles. The summed E-state index contributed by atoms with van der Waals surface area (Å²) in [6.07, 6.45) is 5.38. The zero-order chi connectivity index (χ0) is 20.8. The maximum Gasteiger partial charge on any atom is 0.269 e. The molecule has 1 amide bonds. The van der Waals surface area contributed by atoms with E-state index in [2.05, 4.69) is 21.6 Å². The first-order chi connectivity index (χ1) is 14.0. The van der Waals surface area contributed by atoms with Crippen LogP contribution in [0.2, 0.25) is 0 Å². The van der Waals surface area contributed by atoms with Crippen LogP contribution < -0.4 is 4.74 Å². The number of carbonyl (C=O) groups excluding carboxylic acids is 1. The molecule has 3 rings (SSSR count). The number of hydrogen-bond donors (Lipinski definition) is 0. The number of benzene rings is 1. The lowest BCUT2D eigenvalue weighted by molar-refractivity contribution is -0.129. The van der Waals surface area contributed by atoms with E-state index < -0.39 is 23.6 Å². The summed E-state index contributed by atoms with van der Waals surface area (Å²) in [5.41, 5.74) is 0.833. The van der Waals surface area contributed by atoms with Crippen molar-refractivity contribution in [1.29, 1.82) is 5.26 Å². The Morgan fingerprint density at radius 2 is 2.03 bits per heavy atom. The maximum absolute atomic E-state index is 13.5. The molecule has 0 spiro atoms. The van der Waals surface area contributed by atoms with Crippen molar-refractivity contribution in [2.75, 3.05) is 6.61 Å². The molecule has 148 valence electrons. The molecule has 1 atom stereocenters. The van der Waals surface area contributed by atoms with Gasteiger partial charge < -0.3 is 4.74 Å². The van der Waals surface area contributed by atoms with Crippen molar-refractivity contribution in [2.24, 2.45) is 5.10 Å². The fraction of sp³-hybridized carbons (Fsp3) is 0.250. The zero-order valence-electron chi connectivity index (χ0n) is 15.4. The third-order valence-corrected chi connectivity index (χ3v) is 4.23. The summed E-state index contributed by atoms with van der Waals surface area (Å²) in [7, 11) is 0. The highest BCUT2D eigenvalue weighted by atomic mass is 19.1. The molecule has 2 aromatic rings. The van der Waals surface area contributed by atoms with E-state index in [0.717, 1.165) is 6.07 Å². The highest BCUT2D eigenvalue weighted by molar-refractivity contribution is 5.94. The SMILES string of the molecule is C=C(CCCOc1cnc(C#N)cn1)C(=O)N1N=CCC1c1cc(F)cc(F)c1. The maximum atomic E-state index is 13.5. The second-order valence-electron chi connectivity index (χ2n) is 6.31. The normalized spacial score (nSPS) is 15.2. The summed E-state index contributed by atoms with van der Waals surface area (Å²) < 4.78 is 32.4. The highest BCUT2D eigenvalue weighted by Crippen LogP contribution is 2.30. The molecular weight excluding hydrogens is 380 g/mol. The minimum absolute atomic E-state index is 0.190. The Hall–Kier alpha value is -3.67. The van der Waals surface area contributed by atoms with Gasteiger partial charge in [0.05, 0.1) is 25.0 Å². The molecule has 7 nitrogen and oxygen atoms in total. The zero-order valence-corrected chi connectivity index (χ0v) is 15.4. The minimum Gasteiger partial charge on any atom is -0.477 e. The largest absolute Gasteiger partial charge is 0.477 e. The number of ether oxygens (including phenoxy) is 1. The molecule has 0 aliphatic carbocycles. The summed E-state index contributed by atoms with van der Waals surface area (Å²) in [6, 6.07) is 4.45. The van der Waals surface area contributed by atoms with Gasteiger partial charge in [-0.1, -0.05) is 6.58 Å². The summed E-state index contributed by atoms with van der Waals surface area (Å²) in [5.74, 6) is -1.55. The Kier molecular flexibility index (Phi) is 6.24. The van der Waals surface area contributed by atoms with E-state index in [4.69, 9.17) is 10.00 Å². The van der Waals surface area contributed by atoms with Crippen molar-refractivity contribution in [3.8, 4) is 11.9 Å². The molecule has 2 heterocycles. The topological polar surface area (TPSA) is 91.5 Å². The molecule has 0 saturated heterocycles. The van der Waals surface area contributed by atoms with E-state index >= 15 is 0 Å². The van der Waals surface area contributed by atoms with Gasteiger partial charge in [-0.2, -0.15) is 10.4 Å². The number of nitriles is 1. The Morgan fingerprint density at radius 1 is 1.28 bits per heavy atom. The summed E-state index contributed by atoms with van der Waals surface area (Å²) in [6.45, 7) is 4.07. The van der Waals surface area contributed by atoms with Crippen LogP contribution in [0.25, 0.3) is 0 Å². The molecule has 29 heavy (non-hydrogen) atoms. The smallest absolute Gasteiger partial charge is 0.269 e. The van der Waals surface area contributed by atoms with Crippen LogP contribution in [0.5, 0.6) is 5.88 Å². The van der Waals surface area contributed by atoms with Gasteiger partial charge in [0.15, 0.2) is 5.69 Å². The molecule has 0 radical (unpaired) electrons. The number of rotatable bonds is 7. The average Bonchev–Trinajstić information content (AvgIpc) is 3.20. The van der Waals surface area contributed by atoms with Crippen molar-refractivity contribution in [3.63, 3.8) is 0 Å². The van der Waals surface area contributed by atoms with Crippen molar-refractivity contribution in [1.82, 2.24) is 15.0 Å². The molecule has 1 aliphatic heterocycles. The van der Waals surface area contributed by atoms with E-state index in [9.17, 15) is 13.6 Å². The standard InChI is InChI=1S/C20H17F2N5O2/c1-13(3-2-6-29-19-12-24-17(10-23)11-25-19)20(28)27-18(4-5-26-27)14-7-15(21)9-16(22)8-14/h5,7-9,11-12,18H,1-4,6H2. The minimum atomic E-state index is -0.707. The number of hydrogen-bond acceptors (Lipinski definition) is 6. The quantitative estimate of drug-likeness (QED) is 0.528. The molecule has 0 saturated carbocycles. The molecule has 0 bridgehead atoms. The van der Waals surface area contributed by atoms with Gasteiger partial charge in [0.1, 0.15) is 17.7 Å². The number of hydrazone groups is 1. The molecule has 0 N–H and O–H groups in total.